The Labute approximate surface area is 121 Å². The Bertz CT molecular complexity index is 524. The zero-order chi connectivity index (χ0) is 13.3. The topological polar surface area (TPSA) is 46.2 Å². The lowest BCUT2D eigenvalue weighted by atomic mass is 10.1. The molecule has 18 heavy (non-hydrogen) atoms. The molecule has 0 aliphatic heterocycles. The highest BCUT2D eigenvalue weighted by atomic mass is 79.9. The van der Waals surface area contributed by atoms with Gasteiger partial charge in [0.25, 0.3) is 0 Å². The van der Waals surface area contributed by atoms with E-state index in [1.165, 1.54) is 17.8 Å². The molecule has 1 saturated carbocycles. The molecule has 102 valence electrons. The quantitative estimate of drug-likeness (QED) is 0.901. The summed E-state index contributed by atoms with van der Waals surface area (Å²) in [6.45, 7) is 4.63. The summed E-state index contributed by atoms with van der Waals surface area (Å²) in [7, 11) is -3.34. The van der Waals surface area contributed by atoms with Gasteiger partial charge in [-0.25, -0.2) is 13.1 Å². The van der Waals surface area contributed by atoms with E-state index in [2.05, 4.69) is 27.6 Å². The highest BCUT2D eigenvalue weighted by Crippen LogP contribution is 2.31. The van der Waals surface area contributed by atoms with E-state index < -0.39 is 10.0 Å². The molecule has 6 heteroatoms. The van der Waals surface area contributed by atoms with Crippen LogP contribution < -0.4 is 4.72 Å². The molecule has 0 aromatic carbocycles. The fourth-order valence-electron chi connectivity index (χ4n) is 2.51. The number of sulfonamides is 1. The molecule has 1 fully saturated rings. The molecular formula is C12H18BrNO2S2. The molecule has 0 amide bonds. The van der Waals surface area contributed by atoms with Crippen molar-refractivity contribution < 1.29 is 8.42 Å². The summed E-state index contributed by atoms with van der Waals surface area (Å²) in [6, 6.07) is 1.68. The number of hydrogen-bond donors (Lipinski definition) is 1. The van der Waals surface area contributed by atoms with Gasteiger partial charge in [-0.1, -0.05) is 13.3 Å². The van der Waals surface area contributed by atoms with Crippen LogP contribution in [0.4, 0.5) is 0 Å². The average Bonchev–Trinajstić information content (AvgIpc) is 2.82. The largest absolute Gasteiger partial charge is 0.241 e. The normalized spacial score (nSPS) is 24.6. The van der Waals surface area contributed by atoms with Crippen LogP contribution in [0.3, 0.4) is 0 Å². The van der Waals surface area contributed by atoms with Gasteiger partial charge in [-0.3, -0.25) is 0 Å². The van der Waals surface area contributed by atoms with Gasteiger partial charge in [-0.2, -0.15) is 0 Å². The fourth-order valence-corrected chi connectivity index (χ4v) is 6.04. The molecule has 0 spiro atoms. The first-order valence-electron chi connectivity index (χ1n) is 6.14. The first-order chi connectivity index (χ1) is 8.38. The molecule has 2 atom stereocenters. The van der Waals surface area contributed by atoms with Gasteiger partial charge in [-0.15, -0.1) is 11.3 Å². The lowest BCUT2D eigenvalue weighted by Gasteiger charge is -2.11. The van der Waals surface area contributed by atoms with Gasteiger partial charge in [-0.05, 0) is 53.6 Å². The van der Waals surface area contributed by atoms with E-state index in [1.807, 2.05) is 6.92 Å². The molecular weight excluding hydrogens is 334 g/mol. The van der Waals surface area contributed by atoms with Crippen molar-refractivity contribution in [1.29, 1.82) is 0 Å². The van der Waals surface area contributed by atoms with Crippen molar-refractivity contribution in [3.05, 3.63) is 14.7 Å². The van der Waals surface area contributed by atoms with E-state index in [-0.39, 0.29) is 0 Å². The summed E-state index contributed by atoms with van der Waals surface area (Å²) >= 11 is 4.78. The summed E-state index contributed by atoms with van der Waals surface area (Å²) in [4.78, 5) is 1.24. The van der Waals surface area contributed by atoms with E-state index in [0.717, 1.165) is 27.4 Å². The Kier molecular flexibility index (Phi) is 4.52. The van der Waals surface area contributed by atoms with Gasteiger partial charge in [0.1, 0.15) is 0 Å². The zero-order valence-corrected chi connectivity index (χ0v) is 13.8. The summed E-state index contributed by atoms with van der Waals surface area (Å²) in [5.41, 5.74) is 0. The fraction of sp³-hybridized carbons (Fsp3) is 0.667. The minimum Gasteiger partial charge on any atom is -0.211 e. The molecule has 1 heterocycles. The third-order valence-corrected chi connectivity index (χ3v) is 6.73. The second-order valence-electron chi connectivity index (χ2n) is 5.11. The Morgan fingerprint density at radius 2 is 2.22 bits per heavy atom. The van der Waals surface area contributed by atoms with E-state index in [4.69, 9.17) is 0 Å². The van der Waals surface area contributed by atoms with Crippen LogP contribution in [-0.2, 0) is 10.0 Å². The Morgan fingerprint density at radius 3 is 2.72 bits per heavy atom. The third kappa shape index (κ3) is 3.35. The maximum atomic E-state index is 12.2. The zero-order valence-electron chi connectivity index (χ0n) is 10.6. The molecule has 3 nitrogen and oxygen atoms in total. The molecule has 1 N–H and O–H groups in total. The molecule has 1 aromatic heterocycles. The smallest absolute Gasteiger partial charge is 0.211 e. The highest BCUT2D eigenvalue weighted by molar-refractivity contribution is 9.11. The predicted molar refractivity (Wildman–Crippen MR) is 78.4 cm³/mol. The van der Waals surface area contributed by atoms with Crippen LogP contribution in [-0.4, -0.2) is 15.0 Å². The first-order valence-corrected chi connectivity index (χ1v) is 9.23. The monoisotopic (exact) mass is 351 g/mol. The van der Waals surface area contributed by atoms with Gasteiger partial charge in [0.05, 0.1) is 8.68 Å². The molecule has 2 unspecified atom stereocenters. The standard InChI is InChI=1S/C12H18BrNO2S2/c1-8-3-4-10(5-8)7-14-18(15,16)11-6-12(13)17-9(11)2/h6,8,10,14H,3-5,7H2,1-2H3. The van der Waals surface area contributed by atoms with Crippen molar-refractivity contribution in [2.75, 3.05) is 6.54 Å². The van der Waals surface area contributed by atoms with Crippen molar-refractivity contribution in [2.45, 2.75) is 38.0 Å². The first kappa shape index (κ1) is 14.5. The van der Waals surface area contributed by atoms with E-state index in [0.29, 0.717) is 17.4 Å². The SMILES string of the molecule is Cc1sc(Br)cc1S(=O)(=O)NCC1CCC(C)C1. The summed E-state index contributed by atoms with van der Waals surface area (Å²) < 4.78 is 28.0. The van der Waals surface area contributed by atoms with E-state index in [1.54, 1.807) is 6.07 Å². The number of aryl methyl sites for hydroxylation is 1. The number of halogens is 1. The van der Waals surface area contributed by atoms with Crippen molar-refractivity contribution in [3.8, 4) is 0 Å². The number of nitrogens with one attached hydrogen (secondary N) is 1. The molecule has 2 rings (SSSR count). The predicted octanol–water partition coefficient (Wildman–Crippen LogP) is 3.53. The van der Waals surface area contributed by atoms with Crippen molar-refractivity contribution in [3.63, 3.8) is 0 Å². The van der Waals surface area contributed by atoms with Crippen LogP contribution in [0, 0.1) is 18.8 Å². The average molecular weight is 352 g/mol. The van der Waals surface area contributed by atoms with Crippen LogP contribution >= 0.6 is 27.3 Å². The maximum absolute atomic E-state index is 12.2. The molecule has 1 aromatic rings. The van der Waals surface area contributed by atoms with Gasteiger partial charge >= 0.3 is 0 Å². The van der Waals surface area contributed by atoms with Gasteiger partial charge in [0.2, 0.25) is 10.0 Å². The summed E-state index contributed by atoms with van der Waals surface area (Å²) in [5.74, 6) is 1.23. The Morgan fingerprint density at radius 1 is 1.50 bits per heavy atom. The highest BCUT2D eigenvalue weighted by Gasteiger charge is 2.25. The summed E-state index contributed by atoms with van der Waals surface area (Å²) in [6.07, 6.45) is 3.49. The number of rotatable bonds is 4. The van der Waals surface area contributed by atoms with Gasteiger partial charge < -0.3 is 0 Å². The minimum atomic E-state index is -3.34. The lowest BCUT2D eigenvalue weighted by molar-refractivity contribution is 0.498. The molecule has 0 bridgehead atoms. The van der Waals surface area contributed by atoms with Crippen LogP contribution in [0.5, 0.6) is 0 Å². The second kappa shape index (κ2) is 5.61. The second-order valence-corrected chi connectivity index (χ2v) is 9.48. The Balaban J connectivity index is 2.02. The number of thiophene rings is 1. The van der Waals surface area contributed by atoms with Crippen LogP contribution in [0.2, 0.25) is 0 Å². The minimum absolute atomic E-state index is 0.408. The maximum Gasteiger partial charge on any atom is 0.241 e. The van der Waals surface area contributed by atoms with Crippen molar-refractivity contribution >= 4 is 37.3 Å². The molecule has 0 saturated heterocycles. The molecule has 0 radical (unpaired) electrons. The van der Waals surface area contributed by atoms with Gasteiger partial charge in [0.15, 0.2) is 0 Å². The van der Waals surface area contributed by atoms with Crippen LogP contribution in [0.25, 0.3) is 0 Å². The summed E-state index contributed by atoms with van der Waals surface area (Å²) in [5, 5.41) is 0. The van der Waals surface area contributed by atoms with E-state index in [9.17, 15) is 8.42 Å². The van der Waals surface area contributed by atoms with Crippen LogP contribution in [0.15, 0.2) is 14.7 Å². The van der Waals surface area contributed by atoms with E-state index >= 15 is 0 Å². The lowest BCUT2D eigenvalue weighted by Crippen LogP contribution is -2.28. The molecule has 1 aliphatic carbocycles. The van der Waals surface area contributed by atoms with Gasteiger partial charge in [0, 0.05) is 11.4 Å². The third-order valence-electron chi connectivity index (χ3n) is 3.50. The van der Waals surface area contributed by atoms with Crippen molar-refractivity contribution in [1.82, 2.24) is 4.72 Å². The van der Waals surface area contributed by atoms with Crippen LogP contribution in [0.1, 0.15) is 31.1 Å². The number of hydrogen-bond acceptors (Lipinski definition) is 3. The molecule has 1 aliphatic rings. The van der Waals surface area contributed by atoms with Crippen molar-refractivity contribution in [2.24, 2.45) is 11.8 Å². The Hall–Kier alpha value is 0.0900.